The Morgan fingerprint density at radius 1 is 1.32 bits per heavy atom. The molecule has 1 saturated carbocycles. The zero-order chi connectivity index (χ0) is 17.4. The third-order valence-corrected chi connectivity index (χ3v) is 6.41. The third kappa shape index (κ3) is 3.32. The lowest BCUT2D eigenvalue weighted by Crippen LogP contribution is -2.43. The molecule has 1 aliphatic carbocycles. The molecule has 2 heterocycles. The molecular weight excluding hydrogens is 317 g/mol. The summed E-state index contributed by atoms with van der Waals surface area (Å²) in [7, 11) is 2.07. The number of amides is 1. The van der Waals surface area contributed by atoms with Gasteiger partial charge in [0, 0.05) is 31.6 Å². The molecule has 1 N–H and O–H groups in total. The fourth-order valence-corrected chi connectivity index (χ4v) is 5.07. The Morgan fingerprint density at radius 3 is 2.88 bits per heavy atom. The van der Waals surface area contributed by atoms with E-state index < -0.39 is 0 Å². The molecule has 1 amide bonds. The smallest absolute Gasteiger partial charge is 0.237 e. The van der Waals surface area contributed by atoms with Gasteiger partial charge in [-0.15, -0.1) is 0 Å². The largest absolute Gasteiger partial charge is 0.334 e. The van der Waals surface area contributed by atoms with E-state index in [0.29, 0.717) is 24.4 Å². The molecule has 3 atom stereocenters. The Balaban J connectivity index is 1.53. The Labute approximate surface area is 149 Å². The summed E-state index contributed by atoms with van der Waals surface area (Å²) in [6.07, 6.45) is 4.95. The van der Waals surface area contributed by atoms with E-state index in [0.717, 1.165) is 25.2 Å². The highest BCUT2D eigenvalue weighted by molar-refractivity contribution is 5.79. The first kappa shape index (κ1) is 17.0. The van der Waals surface area contributed by atoms with E-state index in [1.54, 1.807) is 12.1 Å². The van der Waals surface area contributed by atoms with Crippen LogP contribution in [-0.4, -0.2) is 55.0 Å². The monoisotopic (exact) mass is 345 g/mol. The molecule has 3 aliphatic rings. The van der Waals surface area contributed by atoms with Crippen molar-refractivity contribution in [3.05, 3.63) is 35.6 Å². The molecule has 0 aromatic heterocycles. The Bertz CT molecular complexity index is 631. The molecule has 1 aromatic carbocycles. The maximum Gasteiger partial charge on any atom is 0.237 e. The van der Waals surface area contributed by atoms with E-state index in [-0.39, 0.29) is 17.8 Å². The van der Waals surface area contributed by atoms with Gasteiger partial charge in [-0.05, 0) is 43.5 Å². The number of hydrogen-bond acceptors (Lipinski definition) is 3. The van der Waals surface area contributed by atoms with Gasteiger partial charge in [-0.25, -0.2) is 4.39 Å². The van der Waals surface area contributed by atoms with Gasteiger partial charge in [0.15, 0.2) is 0 Å². The summed E-state index contributed by atoms with van der Waals surface area (Å²) in [6, 6.07) is 7.35. The summed E-state index contributed by atoms with van der Waals surface area (Å²) in [5.74, 6) is 0.844. The SMILES string of the molecule is CN(CC(=O)N1C[C@@H]2CNC[C@@H]2[C@H]1c1cccc(F)c1)C1CCCC1. The number of fused-ring (bicyclic) bond motifs is 1. The summed E-state index contributed by atoms with van der Waals surface area (Å²) >= 11 is 0. The van der Waals surface area contributed by atoms with E-state index in [1.165, 1.54) is 31.7 Å². The molecule has 2 saturated heterocycles. The second kappa shape index (κ2) is 7.04. The molecule has 3 fully saturated rings. The summed E-state index contributed by atoms with van der Waals surface area (Å²) in [4.78, 5) is 17.3. The molecule has 1 aromatic rings. The number of rotatable bonds is 4. The van der Waals surface area contributed by atoms with Gasteiger partial charge in [0.25, 0.3) is 0 Å². The van der Waals surface area contributed by atoms with Crippen LogP contribution in [0.2, 0.25) is 0 Å². The van der Waals surface area contributed by atoms with E-state index in [4.69, 9.17) is 0 Å². The van der Waals surface area contributed by atoms with Crippen molar-refractivity contribution >= 4 is 5.91 Å². The number of nitrogens with zero attached hydrogens (tertiary/aromatic N) is 2. The van der Waals surface area contributed by atoms with Crippen LogP contribution in [0.5, 0.6) is 0 Å². The molecule has 0 unspecified atom stereocenters. The van der Waals surface area contributed by atoms with Crippen molar-refractivity contribution in [1.82, 2.24) is 15.1 Å². The van der Waals surface area contributed by atoms with Crippen molar-refractivity contribution in [1.29, 1.82) is 0 Å². The third-order valence-electron chi connectivity index (χ3n) is 6.41. The normalized spacial score (nSPS) is 29.6. The summed E-state index contributed by atoms with van der Waals surface area (Å²) in [5, 5.41) is 3.44. The van der Waals surface area contributed by atoms with E-state index >= 15 is 0 Å². The molecule has 4 nitrogen and oxygen atoms in total. The van der Waals surface area contributed by atoms with E-state index in [1.807, 2.05) is 11.0 Å². The highest BCUT2D eigenvalue weighted by Crippen LogP contribution is 2.42. The standard InChI is InChI=1S/C20H28FN3O/c1-23(17-7-2-3-8-17)13-19(25)24-12-15-10-22-11-18(15)20(24)14-5-4-6-16(21)9-14/h4-6,9,15,17-18,20,22H,2-3,7-8,10-13H2,1H3/t15-,18-,20+/m0/s1. The number of likely N-dealkylation sites (N-methyl/N-ethyl adjacent to an activating group) is 1. The van der Waals surface area contributed by atoms with Crippen LogP contribution >= 0.6 is 0 Å². The van der Waals surface area contributed by atoms with Crippen LogP contribution in [0.15, 0.2) is 24.3 Å². The Hall–Kier alpha value is -1.46. The van der Waals surface area contributed by atoms with E-state index in [9.17, 15) is 9.18 Å². The Kier molecular flexibility index (Phi) is 4.78. The molecule has 5 heteroatoms. The minimum atomic E-state index is -0.220. The second-order valence-corrected chi connectivity index (χ2v) is 7.98. The zero-order valence-electron chi connectivity index (χ0n) is 15.0. The summed E-state index contributed by atoms with van der Waals surface area (Å²) < 4.78 is 13.8. The highest BCUT2D eigenvalue weighted by atomic mass is 19.1. The van der Waals surface area contributed by atoms with Gasteiger partial charge < -0.3 is 10.2 Å². The number of carbonyl (C=O) groups excluding carboxylic acids is 1. The van der Waals surface area contributed by atoms with Crippen molar-refractivity contribution < 1.29 is 9.18 Å². The molecule has 0 radical (unpaired) electrons. The molecule has 0 bridgehead atoms. The van der Waals surface area contributed by atoms with Crippen molar-refractivity contribution in [2.75, 3.05) is 33.2 Å². The number of nitrogens with one attached hydrogen (secondary N) is 1. The minimum Gasteiger partial charge on any atom is -0.334 e. The predicted molar refractivity (Wildman–Crippen MR) is 95.6 cm³/mol. The molecule has 0 spiro atoms. The van der Waals surface area contributed by atoms with Gasteiger partial charge in [-0.1, -0.05) is 25.0 Å². The van der Waals surface area contributed by atoms with Gasteiger partial charge >= 0.3 is 0 Å². The fourth-order valence-electron chi connectivity index (χ4n) is 5.07. The van der Waals surface area contributed by atoms with Crippen molar-refractivity contribution in [3.8, 4) is 0 Å². The van der Waals surface area contributed by atoms with Crippen LogP contribution in [-0.2, 0) is 4.79 Å². The first-order valence-electron chi connectivity index (χ1n) is 9.59. The lowest BCUT2D eigenvalue weighted by atomic mass is 9.89. The fraction of sp³-hybridized carbons (Fsp3) is 0.650. The first-order valence-corrected chi connectivity index (χ1v) is 9.59. The number of hydrogen-bond donors (Lipinski definition) is 1. The van der Waals surface area contributed by atoms with Crippen LogP contribution in [0.1, 0.15) is 37.3 Å². The van der Waals surface area contributed by atoms with Crippen LogP contribution in [0.4, 0.5) is 4.39 Å². The summed E-state index contributed by atoms with van der Waals surface area (Å²) in [5.41, 5.74) is 0.938. The first-order chi connectivity index (χ1) is 12.1. The number of carbonyl (C=O) groups is 1. The maximum atomic E-state index is 13.8. The lowest BCUT2D eigenvalue weighted by molar-refractivity contribution is -0.134. The van der Waals surface area contributed by atoms with Crippen molar-refractivity contribution in [3.63, 3.8) is 0 Å². The zero-order valence-corrected chi connectivity index (χ0v) is 15.0. The predicted octanol–water partition coefficient (Wildman–Crippen LogP) is 2.42. The molecular formula is C20H28FN3O. The average molecular weight is 345 g/mol. The van der Waals surface area contributed by atoms with Crippen LogP contribution in [0.3, 0.4) is 0 Å². The number of likely N-dealkylation sites (tertiary alicyclic amines) is 1. The molecule has 136 valence electrons. The van der Waals surface area contributed by atoms with Crippen LogP contribution in [0.25, 0.3) is 0 Å². The number of halogens is 1. The van der Waals surface area contributed by atoms with Crippen molar-refractivity contribution in [2.45, 2.75) is 37.8 Å². The topological polar surface area (TPSA) is 35.6 Å². The maximum absolute atomic E-state index is 13.8. The average Bonchev–Trinajstić information content (AvgIpc) is 3.31. The van der Waals surface area contributed by atoms with Gasteiger partial charge in [-0.3, -0.25) is 9.69 Å². The van der Waals surface area contributed by atoms with Gasteiger partial charge in [0.2, 0.25) is 5.91 Å². The minimum absolute atomic E-state index is 0.000165. The second-order valence-electron chi connectivity index (χ2n) is 7.98. The Morgan fingerprint density at radius 2 is 2.12 bits per heavy atom. The quantitative estimate of drug-likeness (QED) is 0.910. The highest BCUT2D eigenvalue weighted by Gasteiger charge is 2.46. The van der Waals surface area contributed by atoms with Crippen molar-refractivity contribution in [2.24, 2.45) is 11.8 Å². The van der Waals surface area contributed by atoms with Gasteiger partial charge in [0.05, 0.1) is 12.6 Å². The molecule has 4 rings (SSSR count). The van der Waals surface area contributed by atoms with E-state index in [2.05, 4.69) is 17.3 Å². The summed E-state index contributed by atoms with van der Waals surface area (Å²) in [6.45, 7) is 3.13. The molecule has 2 aliphatic heterocycles. The van der Waals surface area contributed by atoms with Gasteiger partial charge in [0.1, 0.15) is 5.82 Å². The van der Waals surface area contributed by atoms with Crippen LogP contribution < -0.4 is 5.32 Å². The lowest BCUT2D eigenvalue weighted by Gasteiger charge is -2.31. The number of benzene rings is 1. The van der Waals surface area contributed by atoms with Gasteiger partial charge in [-0.2, -0.15) is 0 Å². The molecule has 25 heavy (non-hydrogen) atoms. The van der Waals surface area contributed by atoms with Crippen LogP contribution in [0, 0.1) is 17.7 Å².